The summed E-state index contributed by atoms with van der Waals surface area (Å²) < 4.78 is 27.1. The van der Waals surface area contributed by atoms with Crippen LogP contribution in [0.4, 0.5) is 0 Å². The molecule has 0 aliphatic heterocycles. The number of rotatable bonds is 7. The lowest BCUT2D eigenvalue weighted by atomic mass is 10.2. The fraction of sp³-hybridized carbons (Fsp3) is 0.500. The molecule has 1 atom stereocenters. The van der Waals surface area contributed by atoms with Gasteiger partial charge in [-0.05, 0) is 37.0 Å². The highest BCUT2D eigenvalue weighted by Gasteiger charge is 2.19. The molecule has 1 aromatic rings. The number of nitrogens with one attached hydrogen (secondary N) is 1. The quantitative estimate of drug-likeness (QED) is 0.799. The van der Waals surface area contributed by atoms with Crippen LogP contribution in [-0.4, -0.2) is 26.5 Å². The molecule has 4 nitrogen and oxygen atoms in total. The minimum Gasteiger partial charge on any atom is -0.326 e. The second-order valence-electron chi connectivity index (χ2n) is 4.12. The first kappa shape index (κ1) is 15.5. The van der Waals surface area contributed by atoms with Crippen LogP contribution in [0.1, 0.15) is 18.9 Å². The fourth-order valence-electron chi connectivity index (χ4n) is 1.62. The van der Waals surface area contributed by atoms with Crippen molar-refractivity contribution >= 4 is 21.8 Å². The summed E-state index contributed by atoms with van der Waals surface area (Å²) in [5.41, 5.74) is 6.20. The Balaban J connectivity index is 2.86. The second kappa shape index (κ2) is 7.13. The molecule has 102 valence electrons. The summed E-state index contributed by atoms with van der Waals surface area (Å²) in [4.78, 5) is 0.281. The Labute approximate surface area is 113 Å². The molecule has 0 bridgehead atoms. The van der Waals surface area contributed by atoms with Crippen molar-refractivity contribution in [3.63, 3.8) is 0 Å². The van der Waals surface area contributed by atoms with E-state index in [-0.39, 0.29) is 17.5 Å². The van der Waals surface area contributed by atoms with E-state index in [2.05, 4.69) is 4.72 Å². The predicted octanol–water partition coefficient (Wildman–Crippen LogP) is 1.57. The number of benzene rings is 1. The molecule has 18 heavy (non-hydrogen) atoms. The molecule has 0 amide bonds. The van der Waals surface area contributed by atoms with Crippen LogP contribution in [-0.2, 0) is 16.6 Å². The molecular formula is C12H20N2O2S2. The number of nitrogens with two attached hydrogens (primary N) is 1. The molecule has 0 heterocycles. The first-order chi connectivity index (χ1) is 8.51. The molecule has 0 aromatic heterocycles. The summed E-state index contributed by atoms with van der Waals surface area (Å²) >= 11 is 1.70. The van der Waals surface area contributed by atoms with E-state index in [9.17, 15) is 8.42 Å². The Morgan fingerprint density at radius 1 is 1.39 bits per heavy atom. The van der Waals surface area contributed by atoms with Crippen molar-refractivity contribution in [2.75, 3.05) is 12.0 Å². The molecule has 0 aliphatic rings. The van der Waals surface area contributed by atoms with E-state index in [1.54, 1.807) is 36.0 Å². The summed E-state index contributed by atoms with van der Waals surface area (Å²) in [6.07, 6.45) is 2.82. The summed E-state index contributed by atoms with van der Waals surface area (Å²) in [7, 11) is -3.47. The number of hydrogen-bond acceptors (Lipinski definition) is 4. The van der Waals surface area contributed by atoms with Gasteiger partial charge in [-0.2, -0.15) is 11.8 Å². The van der Waals surface area contributed by atoms with Crippen molar-refractivity contribution in [3.8, 4) is 0 Å². The van der Waals surface area contributed by atoms with Gasteiger partial charge in [0.2, 0.25) is 10.0 Å². The lowest BCUT2D eigenvalue weighted by Crippen LogP contribution is -2.33. The minimum absolute atomic E-state index is 0.0757. The zero-order chi connectivity index (χ0) is 13.6. The molecule has 0 saturated carbocycles. The van der Waals surface area contributed by atoms with Crippen LogP contribution >= 0.6 is 11.8 Å². The van der Waals surface area contributed by atoms with Crippen LogP contribution in [0.2, 0.25) is 0 Å². The van der Waals surface area contributed by atoms with Crippen LogP contribution in [0.25, 0.3) is 0 Å². The third-order valence-electron chi connectivity index (χ3n) is 2.59. The Bertz CT molecular complexity index is 475. The Morgan fingerprint density at radius 2 is 2.06 bits per heavy atom. The number of sulfonamides is 1. The van der Waals surface area contributed by atoms with E-state index >= 15 is 0 Å². The first-order valence-corrected chi connectivity index (χ1v) is 8.68. The van der Waals surface area contributed by atoms with Crippen molar-refractivity contribution in [1.29, 1.82) is 0 Å². The third kappa shape index (κ3) is 4.28. The van der Waals surface area contributed by atoms with Crippen LogP contribution in [0.3, 0.4) is 0 Å². The summed E-state index contributed by atoms with van der Waals surface area (Å²) in [6.45, 7) is 2.09. The van der Waals surface area contributed by atoms with Gasteiger partial charge < -0.3 is 5.73 Å². The SMILES string of the molecule is CSCCC(C)NS(=O)(=O)c1ccccc1CN. The molecule has 1 rings (SSSR count). The lowest BCUT2D eigenvalue weighted by molar-refractivity contribution is 0.556. The van der Waals surface area contributed by atoms with Crippen molar-refractivity contribution in [1.82, 2.24) is 4.72 Å². The van der Waals surface area contributed by atoms with Gasteiger partial charge in [0.15, 0.2) is 0 Å². The van der Waals surface area contributed by atoms with Crippen molar-refractivity contribution in [2.24, 2.45) is 5.73 Å². The van der Waals surface area contributed by atoms with Crippen LogP contribution < -0.4 is 10.5 Å². The zero-order valence-electron chi connectivity index (χ0n) is 10.7. The first-order valence-electron chi connectivity index (χ1n) is 5.80. The third-order valence-corrected chi connectivity index (χ3v) is 4.93. The van der Waals surface area contributed by atoms with Gasteiger partial charge in [-0.25, -0.2) is 13.1 Å². The highest BCUT2D eigenvalue weighted by molar-refractivity contribution is 7.98. The predicted molar refractivity (Wildman–Crippen MR) is 77.1 cm³/mol. The molecule has 0 aliphatic carbocycles. The van der Waals surface area contributed by atoms with Gasteiger partial charge in [0.1, 0.15) is 0 Å². The Morgan fingerprint density at radius 3 is 2.67 bits per heavy atom. The van der Waals surface area contributed by atoms with Gasteiger partial charge in [0.25, 0.3) is 0 Å². The molecule has 1 aromatic carbocycles. The van der Waals surface area contributed by atoms with E-state index in [0.29, 0.717) is 5.56 Å². The summed E-state index contributed by atoms with van der Waals surface area (Å²) in [5.74, 6) is 0.933. The molecular weight excluding hydrogens is 268 g/mol. The normalized spacial score (nSPS) is 13.5. The number of hydrogen-bond donors (Lipinski definition) is 2. The van der Waals surface area contributed by atoms with Crippen LogP contribution in [0.5, 0.6) is 0 Å². The molecule has 6 heteroatoms. The molecule has 0 saturated heterocycles. The van der Waals surface area contributed by atoms with Crippen molar-refractivity contribution < 1.29 is 8.42 Å². The molecule has 0 fully saturated rings. The molecule has 0 radical (unpaired) electrons. The standard InChI is InChI=1S/C12H20N2O2S2/c1-10(7-8-17-2)14-18(15,16)12-6-4-3-5-11(12)9-13/h3-6,10,14H,7-9,13H2,1-2H3. The minimum atomic E-state index is -3.47. The smallest absolute Gasteiger partial charge is 0.241 e. The zero-order valence-corrected chi connectivity index (χ0v) is 12.4. The molecule has 0 spiro atoms. The van der Waals surface area contributed by atoms with E-state index in [1.807, 2.05) is 13.2 Å². The highest BCUT2D eigenvalue weighted by atomic mass is 32.2. The average molecular weight is 288 g/mol. The maximum Gasteiger partial charge on any atom is 0.241 e. The summed E-state index contributed by atoms with van der Waals surface area (Å²) in [5, 5.41) is 0. The largest absolute Gasteiger partial charge is 0.326 e. The maximum absolute atomic E-state index is 12.2. The maximum atomic E-state index is 12.2. The highest BCUT2D eigenvalue weighted by Crippen LogP contribution is 2.15. The molecule has 1 unspecified atom stereocenters. The lowest BCUT2D eigenvalue weighted by Gasteiger charge is -2.15. The van der Waals surface area contributed by atoms with Gasteiger partial charge in [-0.15, -0.1) is 0 Å². The van der Waals surface area contributed by atoms with E-state index < -0.39 is 10.0 Å². The average Bonchev–Trinajstić information content (AvgIpc) is 2.35. The van der Waals surface area contributed by atoms with Gasteiger partial charge in [-0.3, -0.25) is 0 Å². The number of thioether (sulfide) groups is 1. The van der Waals surface area contributed by atoms with E-state index in [1.165, 1.54) is 0 Å². The van der Waals surface area contributed by atoms with Crippen LogP contribution in [0, 0.1) is 0 Å². The van der Waals surface area contributed by atoms with E-state index in [4.69, 9.17) is 5.73 Å². The van der Waals surface area contributed by atoms with Gasteiger partial charge >= 0.3 is 0 Å². The van der Waals surface area contributed by atoms with Crippen molar-refractivity contribution in [2.45, 2.75) is 30.8 Å². The monoisotopic (exact) mass is 288 g/mol. The van der Waals surface area contributed by atoms with Gasteiger partial charge in [-0.1, -0.05) is 18.2 Å². The molecule has 3 N–H and O–H groups in total. The summed E-state index contributed by atoms with van der Waals surface area (Å²) in [6, 6.07) is 6.75. The fourth-order valence-corrected chi connectivity index (χ4v) is 3.73. The Kier molecular flexibility index (Phi) is 6.14. The van der Waals surface area contributed by atoms with Crippen molar-refractivity contribution in [3.05, 3.63) is 29.8 Å². The second-order valence-corrected chi connectivity index (χ2v) is 6.78. The van der Waals surface area contributed by atoms with E-state index in [0.717, 1.165) is 12.2 Å². The van der Waals surface area contributed by atoms with Gasteiger partial charge in [0, 0.05) is 12.6 Å². The van der Waals surface area contributed by atoms with Crippen LogP contribution in [0.15, 0.2) is 29.2 Å². The van der Waals surface area contributed by atoms with Gasteiger partial charge in [0.05, 0.1) is 4.90 Å². The topological polar surface area (TPSA) is 72.2 Å². The Hall–Kier alpha value is -0.560.